The molecule has 0 saturated carbocycles. The first-order valence-electron chi connectivity index (χ1n) is 16.5. The first-order valence-corrected chi connectivity index (χ1v) is 16.5. The Kier molecular flexibility index (Phi) is 15.7. The summed E-state index contributed by atoms with van der Waals surface area (Å²) in [7, 11) is 0. The minimum atomic E-state index is -4.02. The minimum absolute atomic E-state index is 0. The maximum Gasteiger partial charge on any atom is 0.294 e. The van der Waals surface area contributed by atoms with Gasteiger partial charge in [0.25, 0.3) is 11.8 Å². The maximum absolute atomic E-state index is 14.9. The molecule has 0 aliphatic heterocycles. The van der Waals surface area contributed by atoms with Gasteiger partial charge in [-0.3, -0.25) is 9.97 Å². The van der Waals surface area contributed by atoms with E-state index in [-0.39, 0.29) is 65.4 Å². The van der Waals surface area contributed by atoms with Crippen molar-refractivity contribution in [1.82, 2.24) is 9.97 Å². The van der Waals surface area contributed by atoms with Gasteiger partial charge in [-0.1, -0.05) is 90.0 Å². The van der Waals surface area contributed by atoms with Crippen LogP contribution in [0, 0.1) is 52.1 Å². The van der Waals surface area contributed by atoms with E-state index >= 15 is 0 Å². The molecule has 0 amide bonds. The minimum Gasteiger partial charge on any atom is -0.411 e. The van der Waals surface area contributed by atoms with Crippen molar-refractivity contribution < 1.29 is 106 Å². The van der Waals surface area contributed by atoms with E-state index in [0.717, 1.165) is 58.7 Å². The summed E-state index contributed by atoms with van der Waals surface area (Å²) in [5.74, 6) is -11.1. The Morgan fingerprint density at radius 2 is 0.804 bits per heavy atom. The number of hydrogen-bond donors (Lipinski definition) is 2. The fourth-order valence-electron chi connectivity index (χ4n) is 5.54. The van der Waals surface area contributed by atoms with E-state index in [2.05, 4.69) is 23.8 Å². The van der Waals surface area contributed by atoms with Crippen molar-refractivity contribution in [3.63, 3.8) is 0 Å². The molecule has 0 aliphatic carbocycles. The third kappa shape index (κ3) is 9.91. The van der Waals surface area contributed by atoms with Crippen LogP contribution in [-0.2, 0) is 88.5 Å². The van der Waals surface area contributed by atoms with Gasteiger partial charge in [0.1, 0.15) is 28.8 Å². The molecule has 0 bridgehead atoms. The zero-order chi connectivity index (χ0) is 39.6. The Hall–Kier alpha value is -3.18. The molecule has 4 aromatic carbocycles. The Morgan fingerprint density at radius 1 is 0.464 bits per heavy atom. The van der Waals surface area contributed by atoms with Crippen LogP contribution in [0.5, 0.6) is 0 Å². The number of benzene rings is 4. The van der Waals surface area contributed by atoms with Gasteiger partial charge in [0.15, 0.2) is 0 Å². The second kappa shape index (κ2) is 18.6. The van der Waals surface area contributed by atoms with Crippen LogP contribution in [0.15, 0.2) is 122 Å². The van der Waals surface area contributed by atoms with Crippen molar-refractivity contribution in [2.75, 3.05) is 0 Å². The molecule has 0 spiro atoms. The molecule has 6 aromatic rings. The molecule has 0 unspecified atom stereocenters. The molecule has 56 heavy (non-hydrogen) atoms. The number of aryl methyl sites for hydroxylation is 3. The summed E-state index contributed by atoms with van der Waals surface area (Å²) in [5, 5.41) is 20.7. The van der Waals surface area contributed by atoms with Crippen LogP contribution in [0.2, 0.25) is 0 Å². The van der Waals surface area contributed by atoms with E-state index in [0.29, 0.717) is 22.8 Å². The van der Waals surface area contributed by atoms with Crippen LogP contribution in [-0.4, -0.2) is 20.2 Å². The van der Waals surface area contributed by atoms with Gasteiger partial charge in [0.2, 0.25) is 0 Å². The zero-order valence-electron chi connectivity index (χ0n) is 30.6. The van der Waals surface area contributed by atoms with E-state index in [1.807, 2.05) is 62.4 Å². The zero-order valence-corrected chi connectivity index (χ0v) is 36.2. The first-order chi connectivity index (χ1) is 25.3. The molecule has 2 heterocycles. The monoisotopic (exact) mass is 922 g/mol. The number of aromatic nitrogens is 2. The first kappa shape index (κ1) is 47.2. The van der Waals surface area contributed by atoms with E-state index in [9.17, 15) is 40.9 Å². The van der Waals surface area contributed by atoms with Crippen LogP contribution < -0.4 is 0 Å². The van der Waals surface area contributed by atoms with Crippen molar-refractivity contribution in [2.45, 2.75) is 43.8 Å². The third-order valence-corrected chi connectivity index (χ3v) is 8.93. The number of aliphatic hydroxyl groups is 2. The number of pyridine rings is 2. The van der Waals surface area contributed by atoms with Gasteiger partial charge in [-0.2, -0.15) is 17.6 Å². The van der Waals surface area contributed by atoms with E-state index in [1.54, 1.807) is 6.92 Å². The molecular formula is C43H35F7N2O2Y2-2. The molecule has 0 saturated heterocycles. The average Bonchev–Trinajstić information content (AvgIpc) is 3.12. The smallest absolute Gasteiger partial charge is 0.294 e. The van der Waals surface area contributed by atoms with Gasteiger partial charge in [-0.15, -0.1) is 0 Å². The predicted molar refractivity (Wildman–Crippen MR) is 193 cm³/mol. The van der Waals surface area contributed by atoms with Crippen LogP contribution in [0.1, 0.15) is 39.2 Å². The van der Waals surface area contributed by atoms with Gasteiger partial charge in [0, 0.05) is 106 Å². The number of nitrogens with zero attached hydrogens (tertiary/aromatic N) is 2. The standard InChI is InChI=1S/C22H19F3NO.C21H16F4NO.2Y/c1-14-4-7-16(8-5-14)17-9-11-20(26-13-17)22(24,25)21(3,27)18-10-6-15(2)12-19(18)23;1-13-3-5-14(6-4-13)15-7-10-19(26-12-15)21(24,25)20(2,27)17-9-8-16(22)11-18(17)23;;/h4-13,27H,3H2,1-2H3;3-12,27H,2H2,1H3;;/q2*-1;;/t21-;20-;;/m01../s1. The summed E-state index contributed by atoms with van der Waals surface area (Å²) in [4.78, 5) is 7.56. The molecule has 2 N–H and O–H groups in total. The van der Waals surface area contributed by atoms with Crippen LogP contribution in [0.25, 0.3) is 22.3 Å². The van der Waals surface area contributed by atoms with Crippen molar-refractivity contribution in [2.24, 2.45) is 0 Å². The number of rotatable bonds is 8. The van der Waals surface area contributed by atoms with E-state index < -0.39 is 63.0 Å². The summed E-state index contributed by atoms with van der Waals surface area (Å²) in [6, 6.07) is 25.6. The Morgan fingerprint density at radius 3 is 1.14 bits per heavy atom. The summed E-state index contributed by atoms with van der Waals surface area (Å²) < 4.78 is 101. The Bertz CT molecular complexity index is 2070. The summed E-state index contributed by atoms with van der Waals surface area (Å²) in [6.45, 7) is 11.8. The third-order valence-electron chi connectivity index (χ3n) is 8.93. The molecule has 4 nitrogen and oxygen atoms in total. The van der Waals surface area contributed by atoms with Gasteiger partial charge in [-0.05, 0) is 72.9 Å². The largest absolute Gasteiger partial charge is 0.411 e. The fourth-order valence-corrected chi connectivity index (χ4v) is 5.54. The number of alkyl halides is 4. The summed E-state index contributed by atoms with van der Waals surface area (Å²) in [6.07, 6.45) is 2.54. The molecular weight excluding hydrogens is 887 g/mol. The molecule has 13 heteroatoms. The molecule has 2 aromatic heterocycles. The van der Waals surface area contributed by atoms with Gasteiger partial charge in [0.05, 0.1) is 0 Å². The van der Waals surface area contributed by atoms with Crippen LogP contribution in [0.4, 0.5) is 30.7 Å². The van der Waals surface area contributed by atoms with Crippen molar-refractivity contribution >= 4 is 0 Å². The maximum atomic E-state index is 14.9. The quantitative estimate of drug-likeness (QED) is 0.118. The van der Waals surface area contributed by atoms with Crippen molar-refractivity contribution in [3.05, 3.63) is 192 Å². The normalized spacial score (nSPS) is 13.5. The second-order valence-electron chi connectivity index (χ2n) is 13.1. The molecule has 2 radical (unpaired) electrons. The fraction of sp³-hybridized carbons (Fsp3) is 0.163. The molecule has 0 aliphatic rings. The van der Waals surface area contributed by atoms with E-state index in [4.69, 9.17) is 0 Å². The van der Waals surface area contributed by atoms with Crippen LogP contribution in [0.3, 0.4) is 0 Å². The van der Waals surface area contributed by atoms with Crippen LogP contribution >= 0.6 is 0 Å². The molecule has 286 valence electrons. The Labute approximate surface area is 371 Å². The van der Waals surface area contributed by atoms with Crippen molar-refractivity contribution in [3.8, 4) is 22.3 Å². The summed E-state index contributed by atoms with van der Waals surface area (Å²) >= 11 is 0. The predicted octanol–water partition coefficient (Wildman–Crippen LogP) is 10.5. The number of halogens is 7. The van der Waals surface area contributed by atoms with Crippen molar-refractivity contribution in [1.29, 1.82) is 0 Å². The summed E-state index contributed by atoms with van der Waals surface area (Å²) in [5.41, 5.74) is -3.46. The average molecular weight is 923 g/mol. The van der Waals surface area contributed by atoms with E-state index in [1.165, 1.54) is 30.6 Å². The molecule has 0 fully saturated rings. The second-order valence-corrected chi connectivity index (χ2v) is 13.1. The molecule has 6 rings (SSSR count). The molecule has 2 atom stereocenters. The van der Waals surface area contributed by atoms with Gasteiger partial charge < -0.3 is 24.1 Å². The number of hydrogen-bond acceptors (Lipinski definition) is 4. The van der Waals surface area contributed by atoms with Gasteiger partial charge >= 0.3 is 0 Å². The SMILES string of the molecule is [CH2-][C@@](O)(c1ccc(F)cc1F)C(F)(F)c1ccc(-c2ccc(C)cc2)cn1.[CH2-][C@](O)(c1ccc(C)cc1F)C(F)(F)c1ccc(-c2ccc(C)cc2)cn1.[Y].[Y]. The van der Waals surface area contributed by atoms with Gasteiger partial charge in [-0.25, -0.2) is 13.2 Å². The topological polar surface area (TPSA) is 66.2 Å². The Balaban J connectivity index is 0.000000290.